The number of rotatable bonds is 8. The molecule has 0 rings (SSSR count). The van der Waals surface area contributed by atoms with Crippen molar-refractivity contribution in [1.82, 2.24) is 0 Å². The Morgan fingerprint density at radius 3 is 2.00 bits per heavy atom. The van der Waals surface area contributed by atoms with Gasteiger partial charge in [0.2, 0.25) is 6.10 Å². The van der Waals surface area contributed by atoms with Crippen molar-refractivity contribution in [3.8, 4) is 0 Å². The number of ether oxygens (including phenoxy) is 2. The van der Waals surface area contributed by atoms with Crippen LogP contribution in [0.25, 0.3) is 0 Å². The molecule has 0 aliphatic carbocycles. The lowest BCUT2D eigenvalue weighted by Crippen LogP contribution is -2.54. The fourth-order valence-electron chi connectivity index (χ4n) is 1.35. The molecule has 0 spiro atoms. The van der Waals surface area contributed by atoms with E-state index in [4.69, 9.17) is 4.55 Å². The molecule has 1 unspecified atom stereocenters. The van der Waals surface area contributed by atoms with Crippen LogP contribution in [0.3, 0.4) is 0 Å². The Morgan fingerprint density at radius 2 is 1.65 bits per heavy atom. The van der Waals surface area contributed by atoms with E-state index < -0.39 is 52.3 Å². The molecule has 0 saturated carbocycles. The van der Waals surface area contributed by atoms with Gasteiger partial charge in [0, 0.05) is 12.8 Å². The van der Waals surface area contributed by atoms with Crippen molar-refractivity contribution in [2.24, 2.45) is 0 Å². The molecule has 0 aliphatic heterocycles. The van der Waals surface area contributed by atoms with Crippen LogP contribution >= 0.6 is 0 Å². The van der Waals surface area contributed by atoms with Crippen molar-refractivity contribution in [3.63, 3.8) is 0 Å². The maximum absolute atomic E-state index is 13.4. The van der Waals surface area contributed by atoms with Gasteiger partial charge in [-0.15, -0.1) is 0 Å². The summed E-state index contributed by atoms with van der Waals surface area (Å²) in [6, 6.07) is 0. The summed E-state index contributed by atoms with van der Waals surface area (Å²) in [6.45, 7) is 3.01. The van der Waals surface area contributed by atoms with Gasteiger partial charge in [0.1, 0.15) is 0 Å². The van der Waals surface area contributed by atoms with Crippen molar-refractivity contribution in [2.75, 3.05) is 6.61 Å². The van der Waals surface area contributed by atoms with Crippen LogP contribution < -0.4 is 0 Å². The maximum atomic E-state index is 13.4. The summed E-state index contributed by atoms with van der Waals surface area (Å²) in [5.74, 6) is -0.656. The molecule has 0 radical (unpaired) electrons. The molecule has 0 fully saturated rings. The summed E-state index contributed by atoms with van der Waals surface area (Å²) >= 11 is 0. The van der Waals surface area contributed by atoms with Crippen molar-refractivity contribution < 1.29 is 49.2 Å². The number of halogens is 5. The van der Waals surface area contributed by atoms with E-state index in [1.54, 1.807) is 0 Å². The first-order chi connectivity index (χ1) is 10.0. The Labute approximate surface area is 129 Å². The average Bonchev–Trinajstić information content (AvgIpc) is 2.32. The molecule has 138 valence electrons. The summed E-state index contributed by atoms with van der Waals surface area (Å²) in [6.07, 6.45) is -10.3. The second-order valence-electron chi connectivity index (χ2n) is 5.16. The van der Waals surface area contributed by atoms with E-state index >= 15 is 0 Å². The lowest BCUT2D eigenvalue weighted by Gasteiger charge is -2.34. The van der Waals surface area contributed by atoms with Crippen molar-refractivity contribution in [1.29, 1.82) is 0 Å². The van der Waals surface area contributed by atoms with Gasteiger partial charge in [-0.1, -0.05) is 6.92 Å². The number of esters is 1. The van der Waals surface area contributed by atoms with Crippen LogP contribution in [0.1, 0.15) is 33.6 Å². The molecule has 0 aliphatic rings. The summed E-state index contributed by atoms with van der Waals surface area (Å²) in [7, 11) is -6.36. The van der Waals surface area contributed by atoms with E-state index in [9.17, 15) is 35.2 Å². The second kappa shape index (κ2) is 7.26. The second-order valence-corrected chi connectivity index (χ2v) is 6.65. The lowest BCUT2D eigenvalue weighted by molar-refractivity contribution is -0.291. The summed E-state index contributed by atoms with van der Waals surface area (Å²) in [5.41, 5.74) is -1.91. The minimum atomic E-state index is -6.36. The first-order valence-corrected chi connectivity index (χ1v) is 7.73. The van der Waals surface area contributed by atoms with Crippen LogP contribution in [0.5, 0.6) is 0 Å². The average molecular weight is 372 g/mol. The summed E-state index contributed by atoms with van der Waals surface area (Å²) in [4.78, 5) is 10.9. The van der Waals surface area contributed by atoms with E-state index in [-0.39, 0.29) is 6.42 Å². The van der Waals surface area contributed by atoms with Gasteiger partial charge in [-0.3, -0.25) is 9.35 Å². The minimum absolute atomic E-state index is 0.00723. The highest BCUT2D eigenvalue weighted by Gasteiger charge is 2.65. The van der Waals surface area contributed by atoms with Crippen molar-refractivity contribution in [3.05, 3.63) is 0 Å². The molecule has 6 nitrogen and oxygen atoms in total. The molecule has 0 bridgehead atoms. The predicted octanol–water partition coefficient (Wildman–Crippen LogP) is 2.54. The van der Waals surface area contributed by atoms with Crippen LogP contribution in [0.2, 0.25) is 0 Å². The van der Waals surface area contributed by atoms with Crippen LogP contribution in [0.15, 0.2) is 0 Å². The highest BCUT2D eigenvalue weighted by molar-refractivity contribution is 7.86. The van der Waals surface area contributed by atoms with Gasteiger partial charge in [0.15, 0.2) is 0 Å². The summed E-state index contributed by atoms with van der Waals surface area (Å²) < 4.78 is 103. The zero-order chi connectivity index (χ0) is 18.7. The van der Waals surface area contributed by atoms with Gasteiger partial charge in [-0.2, -0.15) is 30.4 Å². The van der Waals surface area contributed by atoms with Gasteiger partial charge in [0.25, 0.3) is 0 Å². The fourth-order valence-corrected chi connectivity index (χ4v) is 1.80. The highest BCUT2D eigenvalue weighted by atomic mass is 32.2. The quantitative estimate of drug-likeness (QED) is 0.400. The van der Waals surface area contributed by atoms with E-state index in [0.717, 1.165) is 13.8 Å². The molecule has 0 aromatic carbocycles. The SMILES string of the molecule is CCC(=O)OCCC(C)(C)OC(C(F)(F)F)C(F)(F)S(=O)(=O)O. The third-order valence-corrected chi connectivity index (χ3v) is 3.54. The highest BCUT2D eigenvalue weighted by Crippen LogP contribution is 2.40. The van der Waals surface area contributed by atoms with Crippen LogP contribution in [-0.4, -0.2) is 48.7 Å². The molecule has 12 heteroatoms. The zero-order valence-corrected chi connectivity index (χ0v) is 13.3. The number of carbonyl (C=O) groups excluding carboxylic acids is 1. The smallest absolute Gasteiger partial charge is 0.421 e. The van der Waals surface area contributed by atoms with Gasteiger partial charge >= 0.3 is 27.5 Å². The Bertz CT molecular complexity index is 513. The van der Waals surface area contributed by atoms with Crippen LogP contribution in [-0.2, 0) is 24.4 Å². The number of hydrogen-bond acceptors (Lipinski definition) is 5. The number of hydrogen-bond donors (Lipinski definition) is 1. The monoisotopic (exact) mass is 372 g/mol. The Balaban J connectivity index is 5.22. The fraction of sp³-hybridized carbons (Fsp3) is 0.909. The van der Waals surface area contributed by atoms with E-state index in [0.29, 0.717) is 0 Å². The largest absolute Gasteiger partial charge is 0.466 e. The number of alkyl halides is 5. The minimum Gasteiger partial charge on any atom is -0.466 e. The Morgan fingerprint density at radius 1 is 1.17 bits per heavy atom. The molecule has 0 aromatic rings. The molecule has 1 N–H and O–H groups in total. The van der Waals surface area contributed by atoms with Crippen LogP contribution in [0.4, 0.5) is 22.0 Å². The standard InChI is InChI=1S/C11H17F5O6S/c1-4-7(17)21-6-5-9(2,3)22-8(10(12,13)14)11(15,16)23(18,19)20/h8H,4-6H2,1-3H3,(H,18,19,20). The van der Waals surface area contributed by atoms with E-state index in [1.165, 1.54) is 6.92 Å². The van der Waals surface area contributed by atoms with E-state index in [1.807, 2.05) is 0 Å². The normalized spacial score (nSPS) is 15.3. The molecule has 23 heavy (non-hydrogen) atoms. The zero-order valence-electron chi connectivity index (χ0n) is 12.5. The third-order valence-electron chi connectivity index (χ3n) is 2.64. The lowest BCUT2D eigenvalue weighted by atomic mass is 10.1. The topological polar surface area (TPSA) is 89.9 Å². The molecular formula is C11H17F5O6S. The molecule has 0 aromatic heterocycles. The van der Waals surface area contributed by atoms with Gasteiger partial charge in [-0.05, 0) is 13.8 Å². The van der Waals surface area contributed by atoms with Gasteiger partial charge in [-0.25, -0.2) is 0 Å². The third kappa shape index (κ3) is 6.55. The van der Waals surface area contributed by atoms with E-state index in [2.05, 4.69) is 9.47 Å². The van der Waals surface area contributed by atoms with Gasteiger partial charge < -0.3 is 9.47 Å². The first-order valence-electron chi connectivity index (χ1n) is 6.29. The van der Waals surface area contributed by atoms with Crippen LogP contribution in [0, 0.1) is 0 Å². The summed E-state index contributed by atoms with van der Waals surface area (Å²) in [5, 5.41) is -5.59. The molecule has 0 saturated heterocycles. The molecule has 1 atom stereocenters. The molecule has 0 heterocycles. The Kier molecular flexibility index (Phi) is 6.94. The van der Waals surface area contributed by atoms with Crippen molar-refractivity contribution in [2.45, 2.75) is 56.7 Å². The molecule has 0 amide bonds. The van der Waals surface area contributed by atoms with Crippen molar-refractivity contribution >= 4 is 16.1 Å². The molecular weight excluding hydrogens is 355 g/mol. The maximum Gasteiger partial charge on any atom is 0.421 e. The predicted molar refractivity (Wildman–Crippen MR) is 67.4 cm³/mol. The Hall–Kier alpha value is -1.01. The first kappa shape index (κ1) is 22.0. The van der Waals surface area contributed by atoms with Gasteiger partial charge in [0.05, 0.1) is 12.2 Å². The number of carbonyl (C=O) groups is 1.